The Labute approximate surface area is 143 Å². The Morgan fingerprint density at radius 3 is 2.25 bits per heavy atom. The number of hydrogen-bond donors (Lipinski definition) is 1. The van der Waals surface area contributed by atoms with Crippen molar-refractivity contribution in [2.24, 2.45) is 0 Å². The fourth-order valence-corrected chi connectivity index (χ4v) is 2.03. The molecule has 6 nitrogen and oxygen atoms in total. The van der Waals surface area contributed by atoms with Crippen LogP contribution in [0.5, 0.6) is 17.2 Å². The van der Waals surface area contributed by atoms with Gasteiger partial charge < -0.3 is 24.3 Å². The molecule has 24 heavy (non-hydrogen) atoms. The van der Waals surface area contributed by atoms with Gasteiger partial charge in [-0.2, -0.15) is 0 Å². The third-order valence-electron chi connectivity index (χ3n) is 3.19. The van der Waals surface area contributed by atoms with Gasteiger partial charge in [0.15, 0.2) is 11.5 Å². The van der Waals surface area contributed by atoms with Crippen LogP contribution in [0.1, 0.15) is 25.8 Å². The number of carbonyl (C=O) groups excluding carboxylic acids is 1. The lowest BCUT2D eigenvalue weighted by molar-refractivity contribution is -0.116. The molecule has 0 aliphatic carbocycles. The van der Waals surface area contributed by atoms with Crippen molar-refractivity contribution >= 4 is 12.0 Å². The summed E-state index contributed by atoms with van der Waals surface area (Å²) in [7, 11) is 4.65. The highest BCUT2D eigenvalue weighted by Gasteiger charge is 2.12. The highest BCUT2D eigenvalue weighted by atomic mass is 16.5. The van der Waals surface area contributed by atoms with E-state index in [1.54, 1.807) is 39.5 Å². The maximum atomic E-state index is 11.8. The summed E-state index contributed by atoms with van der Waals surface area (Å²) in [5.74, 6) is 1.45. The molecule has 0 fully saturated rings. The van der Waals surface area contributed by atoms with E-state index in [0.717, 1.165) is 12.0 Å². The van der Waals surface area contributed by atoms with E-state index in [-0.39, 0.29) is 12.0 Å². The topological polar surface area (TPSA) is 66.0 Å². The largest absolute Gasteiger partial charge is 0.493 e. The van der Waals surface area contributed by atoms with E-state index in [9.17, 15) is 4.79 Å². The number of amides is 1. The van der Waals surface area contributed by atoms with Crippen molar-refractivity contribution < 1.29 is 23.7 Å². The summed E-state index contributed by atoms with van der Waals surface area (Å²) >= 11 is 0. The lowest BCUT2D eigenvalue weighted by atomic mass is 10.1. The van der Waals surface area contributed by atoms with Crippen molar-refractivity contribution in [3.8, 4) is 17.2 Å². The minimum absolute atomic E-state index is 0.159. The zero-order chi connectivity index (χ0) is 17.9. The Balaban J connectivity index is 2.61. The van der Waals surface area contributed by atoms with Gasteiger partial charge in [0, 0.05) is 19.2 Å². The third kappa shape index (κ3) is 6.50. The van der Waals surface area contributed by atoms with E-state index in [4.69, 9.17) is 18.9 Å². The monoisotopic (exact) mass is 337 g/mol. The molecule has 0 aromatic heterocycles. The highest BCUT2D eigenvalue weighted by Crippen LogP contribution is 2.38. The van der Waals surface area contributed by atoms with E-state index in [2.05, 4.69) is 5.32 Å². The van der Waals surface area contributed by atoms with E-state index < -0.39 is 0 Å². The lowest BCUT2D eigenvalue weighted by Gasteiger charge is -2.12. The van der Waals surface area contributed by atoms with Crippen molar-refractivity contribution in [2.75, 3.05) is 34.5 Å². The molecule has 1 N–H and O–H groups in total. The lowest BCUT2D eigenvalue weighted by Crippen LogP contribution is -2.23. The predicted octanol–water partition coefficient (Wildman–Crippen LogP) is 2.66. The summed E-state index contributed by atoms with van der Waals surface area (Å²) in [5.41, 5.74) is 0.780. The number of methoxy groups -OCH3 is 3. The second-order valence-corrected chi connectivity index (χ2v) is 5.36. The summed E-state index contributed by atoms with van der Waals surface area (Å²) in [6.45, 7) is 5.18. The van der Waals surface area contributed by atoms with Crippen LogP contribution in [-0.4, -0.2) is 46.5 Å². The van der Waals surface area contributed by atoms with E-state index in [1.807, 2.05) is 13.8 Å². The van der Waals surface area contributed by atoms with Gasteiger partial charge in [-0.25, -0.2) is 0 Å². The molecule has 0 heterocycles. The molecule has 1 aromatic carbocycles. The van der Waals surface area contributed by atoms with Crippen LogP contribution in [-0.2, 0) is 9.53 Å². The van der Waals surface area contributed by atoms with Crippen LogP contribution in [0.3, 0.4) is 0 Å². The molecule has 0 atom stereocenters. The molecule has 6 heteroatoms. The van der Waals surface area contributed by atoms with Crippen molar-refractivity contribution in [3.05, 3.63) is 23.8 Å². The second kappa shape index (κ2) is 10.5. The number of benzene rings is 1. The Morgan fingerprint density at radius 2 is 1.75 bits per heavy atom. The third-order valence-corrected chi connectivity index (χ3v) is 3.19. The highest BCUT2D eigenvalue weighted by molar-refractivity contribution is 5.91. The Bertz CT molecular complexity index is 529. The Kier molecular flexibility index (Phi) is 8.71. The molecule has 0 aliphatic heterocycles. The first-order chi connectivity index (χ1) is 11.5. The SMILES string of the molecule is COc1cc(/C=C/C(=O)NCCCOC(C)C)cc(OC)c1OC. The number of ether oxygens (including phenoxy) is 4. The quantitative estimate of drug-likeness (QED) is 0.525. The average molecular weight is 337 g/mol. The van der Waals surface area contributed by atoms with Gasteiger partial charge in [0.2, 0.25) is 11.7 Å². The van der Waals surface area contributed by atoms with Crippen LogP contribution >= 0.6 is 0 Å². The van der Waals surface area contributed by atoms with Gasteiger partial charge in [0.1, 0.15) is 0 Å². The van der Waals surface area contributed by atoms with Gasteiger partial charge in [0.25, 0.3) is 0 Å². The first kappa shape index (κ1) is 19.8. The van der Waals surface area contributed by atoms with Crippen LogP contribution < -0.4 is 19.5 Å². The van der Waals surface area contributed by atoms with Crippen molar-refractivity contribution in [2.45, 2.75) is 26.4 Å². The van der Waals surface area contributed by atoms with Crippen molar-refractivity contribution in [1.82, 2.24) is 5.32 Å². The normalized spacial score (nSPS) is 10.9. The van der Waals surface area contributed by atoms with Crippen LogP contribution in [0, 0.1) is 0 Å². The number of nitrogens with one attached hydrogen (secondary N) is 1. The summed E-state index contributed by atoms with van der Waals surface area (Å²) in [6, 6.07) is 3.56. The maximum absolute atomic E-state index is 11.8. The van der Waals surface area contributed by atoms with Crippen LogP contribution in [0.15, 0.2) is 18.2 Å². The summed E-state index contributed by atoms with van der Waals surface area (Å²) in [6.07, 6.45) is 4.16. The first-order valence-electron chi connectivity index (χ1n) is 7.89. The van der Waals surface area contributed by atoms with Gasteiger partial charge in [0.05, 0.1) is 27.4 Å². The second-order valence-electron chi connectivity index (χ2n) is 5.36. The predicted molar refractivity (Wildman–Crippen MR) is 93.8 cm³/mol. The van der Waals surface area contributed by atoms with Crippen molar-refractivity contribution in [3.63, 3.8) is 0 Å². The average Bonchev–Trinajstić information content (AvgIpc) is 2.58. The molecule has 0 radical (unpaired) electrons. The molecule has 1 aromatic rings. The summed E-state index contributed by atoms with van der Waals surface area (Å²) in [4.78, 5) is 11.8. The van der Waals surface area contributed by atoms with Gasteiger partial charge in [-0.05, 0) is 44.0 Å². The molecule has 1 amide bonds. The van der Waals surface area contributed by atoms with Crippen LogP contribution in [0.25, 0.3) is 6.08 Å². The number of carbonyl (C=O) groups is 1. The number of rotatable bonds is 10. The van der Waals surface area contributed by atoms with E-state index in [1.165, 1.54) is 6.08 Å². The fourth-order valence-electron chi connectivity index (χ4n) is 2.03. The molecule has 0 aliphatic rings. The zero-order valence-corrected chi connectivity index (χ0v) is 15.0. The molecule has 0 bridgehead atoms. The minimum Gasteiger partial charge on any atom is -0.493 e. The van der Waals surface area contributed by atoms with Gasteiger partial charge in [-0.1, -0.05) is 0 Å². The molecule has 0 saturated heterocycles. The standard InChI is InChI=1S/C18H27NO5/c1-13(2)24-10-6-9-19-17(20)8-7-14-11-15(21-3)18(23-5)16(12-14)22-4/h7-8,11-13H,6,9-10H2,1-5H3,(H,19,20)/b8-7+. The molecule has 134 valence electrons. The van der Waals surface area contributed by atoms with E-state index in [0.29, 0.717) is 30.4 Å². The van der Waals surface area contributed by atoms with Crippen LogP contribution in [0.2, 0.25) is 0 Å². The number of hydrogen-bond acceptors (Lipinski definition) is 5. The maximum Gasteiger partial charge on any atom is 0.244 e. The molecule has 0 spiro atoms. The van der Waals surface area contributed by atoms with Crippen LogP contribution in [0.4, 0.5) is 0 Å². The van der Waals surface area contributed by atoms with Gasteiger partial charge >= 0.3 is 0 Å². The summed E-state index contributed by atoms with van der Waals surface area (Å²) in [5, 5.41) is 2.81. The van der Waals surface area contributed by atoms with Gasteiger partial charge in [-0.3, -0.25) is 4.79 Å². The Hall–Kier alpha value is -2.21. The summed E-state index contributed by atoms with van der Waals surface area (Å²) < 4.78 is 21.3. The van der Waals surface area contributed by atoms with Gasteiger partial charge in [-0.15, -0.1) is 0 Å². The molecular weight excluding hydrogens is 310 g/mol. The molecule has 0 saturated carbocycles. The first-order valence-corrected chi connectivity index (χ1v) is 7.89. The molecular formula is C18H27NO5. The van der Waals surface area contributed by atoms with E-state index >= 15 is 0 Å². The minimum atomic E-state index is -0.159. The molecule has 1 rings (SSSR count). The smallest absolute Gasteiger partial charge is 0.244 e. The molecule has 0 unspecified atom stereocenters. The zero-order valence-electron chi connectivity index (χ0n) is 15.0. The van der Waals surface area contributed by atoms with Crippen molar-refractivity contribution in [1.29, 1.82) is 0 Å². The Morgan fingerprint density at radius 1 is 1.12 bits per heavy atom. The fraction of sp³-hybridized carbons (Fsp3) is 0.500.